The van der Waals surface area contributed by atoms with Crippen LogP contribution in [-0.4, -0.2) is 5.91 Å². The van der Waals surface area contributed by atoms with Gasteiger partial charge in [-0.05, 0) is 42.3 Å². The predicted molar refractivity (Wildman–Crippen MR) is 82.9 cm³/mol. The molecule has 0 heterocycles. The third-order valence-corrected chi connectivity index (χ3v) is 3.44. The lowest BCUT2D eigenvalue weighted by atomic mass is 10.1. The molecule has 0 fully saturated rings. The largest absolute Gasteiger partial charge is 0.399 e. The number of carbonyl (C=O) groups is 1. The molecule has 2 rings (SSSR count). The Bertz CT molecular complexity index is 656. The molecule has 2 aromatic carbocycles. The van der Waals surface area contributed by atoms with Gasteiger partial charge in [-0.25, -0.2) is 0 Å². The minimum atomic E-state index is -0.515. The molecular formula is C15H16ClN3O. The van der Waals surface area contributed by atoms with Gasteiger partial charge >= 0.3 is 0 Å². The summed E-state index contributed by atoms with van der Waals surface area (Å²) in [5.41, 5.74) is 15.1. The molecule has 0 spiro atoms. The van der Waals surface area contributed by atoms with Crippen LogP contribution in [0.1, 0.15) is 21.5 Å². The number of rotatable bonds is 4. The minimum absolute atomic E-state index is 0.374. The average Bonchev–Trinajstić information content (AvgIpc) is 2.41. The molecule has 5 N–H and O–H groups in total. The van der Waals surface area contributed by atoms with Crippen molar-refractivity contribution in [3.63, 3.8) is 0 Å². The normalized spacial score (nSPS) is 10.3. The third-order valence-electron chi connectivity index (χ3n) is 3.20. The SMILES string of the molecule is Cc1c(N)cccc1CNc1ccc(Cl)cc1C(N)=O. The Kier molecular flexibility index (Phi) is 4.15. The van der Waals surface area contributed by atoms with E-state index >= 15 is 0 Å². The van der Waals surface area contributed by atoms with Crippen molar-refractivity contribution in [2.45, 2.75) is 13.5 Å². The van der Waals surface area contributed by atoms with Gasteiger partial charge in [0, 0.05) is 22.9 Å². The molecular weight excluding hydrogens is 274 g/mol. The molecule has 0 aliphatic carbocycles. The lowest BCUT2D eigenvalue weighted by Crippen LogP contribution is -2.14. The van der Waals surface area contributed by atoms with E-state index in [4.69, 9.17) is 23.1 Å². The van der Waals surface area contributed by atoms with E-state index in [2.05, 4.69) is 5.32 Å². The van der Waals surface area contributed by atoms with Crippen molar-refractivity contribution < 1.29 is 4.79 Å². The molecule has 20 heavy (non-hydrogen) atoms. The summed E-state index contributed by atoms with van der Waals surface area (Å²) in [6, 6.07) is 10.7. The minimum Gasteiger partial charge on any atom is -0.399 e. The van der Waals surface area contributed by atoms with E-state index < -0.39 is 5.91 Å². The second-order valence-corrected chi connectivity index (χ2v) is 4.98. The zero-order valence-electron chi connectivity index (χ0n) is 11.1. The zero-order chi connectivity index (χ0) is 14.7. The predicted octanol–water partition coefficient (Wildman–Crippen LogP) is 2.94. The van der Waals surface area contributed by atoms with Gasteiger partial charge < -0.3 is 16.8 Å². The van der Waals surface area contributed by atoms with E-state index in [1.807, 2.05) is 25.1 Å². The van der Waals surface area contributed by atoms with Crippen LogP contribution in [0.15, 0.2) is 36.4 Å². The number of primary amides is 1. The van der Waals surface area contributed by atoms with E-state index in [-0.39, 0.29) is 0 Å². The van der Waals surface area contributed by atoms with Crippen molar-refractivity contribution in [2.24, 2.45) is 5.73 Å². The molecule has 0 bridgehead atoms. The van der Waals surface area contributed by atoms with Gasteiger partial charge in [-0.3, -0.25) is 4.79 Å². The third kappa shape index (κ3) is 3.03. The van der Waals surface area contributed by atoms with Crippen LogP contribution in [0.2, 0.25) is 5.02 Å². The Morgan fingerprint density at radius 1 is 1.30 bits per heavy atom. The molecule has 0 saturated heterocycles. The number of hydrogen-bond donors (Lipinski definition) is 3. The summed E-state index contributed by atoms with van der Waals surface area (Å²) < 4.78 is 0. The highest BCUT2D eigenvalue weighted by atomic mass is 35.5. The van der Waals surface area contributed by atoms with E-state index in [0.29, 0.717) is 22.8 Å². The standard InChI is InChI=1S/C15H16ClN3O/c1-9-10(3-2-4-13(9)17)8-19-14-6-5-11(16)7-12(14)15(18)20/h2-7,19H,8,17H2,1H3,(H2,18,20). The Morgan fingerprint density at radius 2 is 2.05 bits per heavy atom. The van der Waals surface area contributed by atoms with Gasteiger partial charge in [-0.2, -0.15) is 0 Å². The van der Waals surface area contributed by atoms with Crippen LogP contribution in [0.4, 0.5) is 11.4 Å². The van der Waals surface area contributed by atoms with Crippen molar-refractivity contribution in [2.75, 3.05) is 11.1 Å². The first-order valence-corrected chi connectivity index (χ1v) is 6.54. The lowest BCUT2D eigenvalue weighted by Gasteiger charge is -2.13. The molecule has 104 valence electrons. The molecule has 1 amide bonds. The van der Waals surface area contributed by atoms with Crippen LogP contribution in [0.25, 0.3) is 0 Å². The summed E-state index contributed by atoms with van der Waals surface area (Å²) in [7, 11) is 0. The van der Waals surface area contributed by atoms with E-state index in [1.54, 1.807) is 18.2 Å². The lowest BCUT2D eigenvalue weighted by molar-refractivity contribution is 0.100. The highest BCUT2D eigenvalue weighted by Gasteiger charge is 2.09. The first kappa shape index (κ1) is 14.2. The van der Waals surface area contributed by atoms with Crippen molar-refractivity contribution in [3.05, 3.63) is 58.1 Å². The van der Waals surface area contributed by atoms with Crippen molar-refractivity contribution >= 4 is 28.9 Å². The monoisotopic (exact) mass is 289 g/mol. The molecule has 0 aliphatic rings. The van der Waals surface area contributed by atoms with E-state index in [0.717, 1.165) is 16.8 Å². The van der Waals surface area contributed by atoms with Gasteiger partial charge in [0.1, 0.15) is 0 Å². The van der Waals surface area contributed by atoms with Crippen molar-refractivity contribution in [1.82, 2.24) is 0 Å². The van der Waals surface area contributed by atoms with Crippen molar-refractivity contribution in [1.29, 1.82) is 0 Å². The summed E-state index contributed by atoms with van der Waals surface area (Å²) in [5, 5.41) is 3.67. The number of carbonyl (C=O) groups excluding carboxylic acids is 1. The molecule has 4 nitrogen and oxygen atoms in total. The Hall–Kier alpha value is -2.20. The number of hydrogen-bond acceptors (Lipinski definition) is 3. The highest BCUT2D eigenvalue weighted by molar-refractivity contribution is 6.31. The van der Waals surface area contributed by atoms with Crippen molar-refractivity contribution in [3.8, 4) is 0 Å². The maximum atomic E-state index is 11.4. The molecule has 0 saturated carbocycles. The Labute approximate surface area is 122 Å². The Morgan fingerprint density at radius 3 is 2.75 bits per heavy atom. The fraction of sp³-hybridized carbons (Fsp3) is 0.133. The number of nitrogen functional groups attached to an aromatic ring is 1. The number of anilines is 2. The fourth-order valence-electron chi connectivity index (χ4n) is 1.96. The zero-order valence-corrected chi connectivity index (χ0v) is 11.9. The topological polar surface area (TPSA) is 81.1 Å². The second kappa shape index (κ2) is 5.84. The molecule has 0 aliphatic heterocycles. The number of halogens is 1. The first-order valence-electron chi connectivity index (χ1n) is 6.16. The van der Waals surface area contributed by atoms with Crippen LogP contribution >= 0.6 is 11.6 Å². The van der Waals surface area contributed by atoms with Gasteiger partial charge in [0.25, 0.3) is 5.91 Å². The molecule has 0 unspecified atom stereocenters. The number of benzene rings is 2. The number of nitrogens with two attached hydrogens (primary N) is 2. The van der Waals surface area contributed by atoms with Gasteiger partial charge in [0.15, 0.2) is 0 Å². The summed E-state index contributed by atoms with van der Waals surface area (Å²) >= 11 is 5.87. The van der Waals surface area contributed by atoms with Crippen LogP contribution in [0, 0.1) is 6.92 Å². The van der Waals surface area contributed by atoms with Crippen LogP contribution in [0.3, 0.4) is 0 Å². The molecule has 0 atom stereocenters. The second-order valence-electron chi connectivity index (χ2n) is 4.54. The molecule has 0 aromatic heterocycles. The van der Waals surface area contributed by atoms with Crippen LogP contribution < -0.4 is 16.8 Å². The quantitative estimate of drug-likeness (QED) is 0.757. The van der Waals surface area contributed by atoms with E-state index in [1.165, 1.54) is 0 Å². The fourth-order valence-corrected chi connectivity index (χ4v) is 2.13. The van der Waals surface area contributed by atoms with Gasteiger partial charge in [-0.15, -0.1) is 0 Å². The summed E-state index contributed by atoms with van der Waals surface area (Å²) in [5.74, 6) is -0.515. The van der Waals surface area contributed by atoms with Gasteiger partial charge in [0.2, 0.25) is 0 Å². The van der Waals surface area contributed by atoms with Crippen LogP contribution in [-0.2, 0) is 6.54 Å². The number of amides is 1. The Balaban J connectivity index is 2.23. The summed E-state index contributed by atoms with van der Waals surface area (Å²) in [4.78, 5) is 11.4. The smallest absolute Gasteiger partial charge is 0.250 e. The maximum Gasteiger partial charge on any atom is 0.250 e. The van der Waals surface area contributed by atoms with Gasteiger partial charge in [0.05, 0.1) is 5.56 Å². The highest BCUT2D eigenvalue weighted by Crippen LogP contribution is 2.22. The molecule has 5 heteroatoms. The number of nitrogens with one attached hydrogen (secondary N) is 1. The maximum absolute atomic E-state index is 11.4. The molecule has 0 radical (unpaired) electrons. The summed E-state index contributed by atoms with van der Waals surface area (Å²) in [6.07, 6.45) is 0. The van der Waals surface area contributed by atoms with E-state index in [9.17, 15) is 4.79 Å². The van der Waals surface area contributed by atoms with Gasteiger partial charge in [-0.1, -0.05) is 23.7 Å². The molecule has 2 aromatic rings. The average molecular weight is 290 g/mol. The summed E-state index contributed by atoms with van der Waals surface area (Å²) in [6.45, 7) is 2.52. The first-order chi connectivity index (χ1) is 9.49. The van der Waals surface area contributed by atoms with Crippen LogP contribution in [0.5, 0.6) is 0 Å².